The molecule has 0 bridgehead atoms. The summed E-state index contributed by atoms with van der Waals surface area (Å²) < 4.78 is 11.0. The summed E-state index contributed by atoms with van der Waals surface area (Å²) in [6.07, 6.45) is 3.61. The first-order valence-corrected chi connectivity index (χ1v) is 9.00. The predicted octanol–water partition coefficient (Wildman–Crippen LogP) is 2.41. The van der Waals surface area contributed by atoms with E-state index < -0.39 is 0 Å². The molecule has 0 spiro atoms. The summed E-state index contributed by atoms with van der Waals surface area (Å²) in [5, 5.41) is 0. The molecule has 0 unspecified atom stereocenters. The molecule has 5 heteroatoms. The highest BCUT2D eigenvalue weighted by atomic mass is 16.5. The van der Waals surface area contributed by atoms with Crippen LogP contribution in [0.2, 0.25) is 0 Å². The molecule has 0 radical (unpaired) electrons. The van der Waals surface area contributed by atoms with Gasteiger partial charge in [-0.25, -0.2) is 0 Å². The fourth-order valence-electron chi connectivity index (χ4n) is 3.76. The van der Waals surface area contributed by atoms with Crippen molar-refractivity contribution in [3.8, 4) is 5.75 Å². The summed E-state index contributed by atoms with van der Waals surface area (Å²) >= 11 is 0. The lowest BCUT2D eigenvalue weighted by molar-refractivity contribution is 0.0670. The first-order chi connectivity index (χ1) is 11.7. The van der Waals surface area contributed by atoms with Gasteiger partial charge in [-0.2, -0.15) is 0 Å². The van der Waals surface area contributed by atoms with Crippen molar-refractivity contribution in [3.63, 3.8) is 0 Å². The molecule has 2 saturated heterocycles. The number of likely N-dealkylation sites (tertiary alicyclic amines) is 2. The van der Waals surface area contributed by atoms with Gasteiger partial charge in [0, 0.05) is 31.8 Å². The third kappa shape index (κ3) is 3.90. The zero-order valence-corrected chi connectivity index (χ0v) is 14.7. The number of hydrogen-bond acceptors (Lipinski definition) is 4. The molecule has 1 amide bonds. The number of amides is 1. The van der Waals surface area contributed by atoms with Crippen molar-refractivity contribution < 1.29 is 14.3 Å². The fraction of sp³-hybridized carbons (Fsp3) is 0.632. The van der Waals surface area contributed by atoms with Crippen LogP contribution in [0, 0.1) is 0 Å². The van der Waals surface area contributed by atoms with Crippen molar-refractivity contribution in [2.75, 3.05) is 39.9 Å². The largest absolute Gasteiger partial charge is 0.494 e. The summed E-state index contributed by atoms with van der Waals surface area (Å²) in [4.78, 5) is 17.4. The molecular weight excluding hydrogens is 304 g/mol. The molecule has 0 aromatic heterocycles. The number of hydrogen-bond donors (Lipinski definition) is 0. The molecule has 1 aromatic rings. The van der Waals surface area contributed by atoms with Crippen LogP contribution in [-0.4, -0.2) is 67.7 Å². The van der Waals surface area contributed by atoms with Gasteiger partial charge in [0.2, 0.25) is 0 Å². The molecule has 2 fully saturated rings. The molecule has 2 aliphatic rings. The Kier molecular flexibility index (Phi) is 5.74. The maximum absolute atomic E-state index is 13.0. The van der Waals surface area contributed by atoms with Gasteiger partial charge >= 0.3 is 0 Å². The third-order valence-electron chi connectivity index (χ3n) is 5.05. The maximum atomic E-state index is 13.0. The topological polar surface area (TPSA) is 42.0 Å². The number of ether oxygens (including phenoxy) is 2. The van der Waals surface area contributed by atoms with E-state index in [1.807, 2.05) is 36.1 Å². The predicted molar refractivity (Wildman–Crippen MR) is 93.5 cm³/mol. The average molecular weight is 332 g/mol. The molecule has 5 nitrogen and oxygen atoms in total. The normalized spacial score (nSPS) is 24.5. The Morgan fingerprint density at radius 3 is 2.54 bits per heavy atom. The summed E-state index contributed by atoms with van der Waals surface area (Å²) in [6.45, 7) is 6.53. The SMILES string of the molecule is CCOc1ccc(C(=O)N2C[C@@H](OC)C[C@H]2CN2CCCC2)cc1. The molecule has 1 aromatic carbocycles. The highest BCUT2D eigenvalue weighted by molar-refractivity contribution is 5.94. The van der Waals surface area contributed by atoms with Crippen molar-refractivity contribution in [1.82, 2.24) is 9.80 Å². The Morgan fingerprint density at radius 1 is 1.21 bits per heavy atom. The number of methoxy groups -OCH3 is 1. The van der Waals surface area contributed by atoms with Gasteiger partial charge in [-0.3, -0.25) is 4.79 Å². The Bertz CT molecular complexity index is 540. The van der Waals surface area contributed by atoms with Crippen LogP contribution < -0.4 is 4.74 Å². The number of nitrogens with zero attached hydrogens (tertiary/aromatic N) is 2. The Balaban J connectivity index is 1.69. The second kappa shape index (κ2) is 7.99. The molecular formula is C19H28N2O3. The van der Waals surface area contributed by atoms with Crippen LogP contribution in [0.5, 0.6) is 5.75 Å². The average Bonchev–Trinajstić information content (AvgIpc) is 3.25. The Labute approximate surface area is 144 Å². The van der Waals surface area contributed by atoms with Crippen molar-refractivity contribution in [1.29, 1.82) is 0 Å². The van der Waals surface area contributed by atoms with Gasteiger partial charge in [-0.05, 0) is 63.5 Å². The van der Waals surface area contributed by atoms with Crippen LogP contribution in [0.15, 0.2) is 24.3 Å². The number of carbonyl (C=O) groups excluding carboxylic acids is 1. The highest BCUT2D eigenvalue weighted by Crippen LogP contribution is 2.25. The van der Waals surface area contributed by atoms with Gasteiger partial charge in [0.1, 0.15) is 5.75 Å². The van der Waals surface area contributed by atoms with E-state index in [0.29, 0.717) is 13.2 Å². The third-order valence-corrected chi connectivity index (χ3v) is 5.05. The van der Waals surface area contributed by atoms with E-state index in [2.05, 4.69) is 4.90 Å². The summed E-state index contributed by atoms with van der Waals surface area (Å²) in [5.41, 5.74) is 0.724. The van der Waals surface area contributed by atoms with Crippen molar-refractivity contribution >= 4 is 5.91 Å². The van der Waals surface area contributed by atoms with Gasteiger partial charge in [-0.1, -0.05) is 0 Å². The highest BCUT2D eigenvalue weighted by Gasteiger charge is 2.36. The molecule has 0 N–H and O–H groups in total. The summed E-state index contributed by atoms with van der Waals surface area (Å²) in [5.74, 6) is 0.903. The minimum atomic E-state index is 0.0989. The standard InChI is InChI=1S/C19H28N2O3/c1-3-24-17-8-6-15(7-9-17)19(22)21-14-18(23-2)12-16(21)13-20-10-4-5-11-20/h6-9,16,18H,3-5,10-14H2,1-2H3/t16-,18-/m0/s1. The van der Waals surface area contributed by atoms with Gasteiger partial charge in [-0.15, -0.1) is 0 Å². The molecule has 0 saturated carbocycles. The van der Waals surface area contributed by atoms with Gasteiger partial charge in [0.15, 0.2) is 0 Å². The minimum Gasteiger partial charge on any atom is -0.494 e. The first kappa shape index (κ1) is 17.2. The smallest absolute Gasteiger partial charge is 0.254 e. The zero-order chi connectivity index (χ0) is 16.9. The fourth-order valence-corrected chi connectivity index (χ4v) is 3.76. The van der Waals surface area contributed by atoms with Crippen LogP contribution in [0.25, 0.3) is 0 Å². The quantitative estimate of drug-likeness (QED) is 0.802. The molecule has 2 aliphatic heterocycles. The summed E-state index contributed by atoms with van der Waals surface area (Å²) in [6, 6.07) is 7.71. The van der Waals surface area contributed by atoms with Crippen LogP contribution >= 0.6 is 0 Å². The van der Waals surface area contributed by atoms with Crippen LogP contribution in [-0.2, 0) is 4.74 Å². The molecule has 0 aliphatic carbocycles. The van der Waals surface area contributed by atoms with Crippen molar-refractivity contribution in [2.45, 2.75) is 38.3 Å². The van der Waals surface area contributed by atoms with Gasteiger partial charge in [0.25, 0.3) is 5.91 Å². The van der Waals surface area contributed by atoms with Gasteiger partial charge in [0.05, 0.1) is 12.7 Å². The first-order valence-electron chi connectivity index (χ1n) is 9.00. The van der Waals surface area contributed by atoms with Gasteiger partial charge < -0.3 is 19.3 Å². The lowest BCUT2D eigenvalue weighted by Crippen LogP contribution is -2.42. The Hall–Kier alpha value is -1.59. The van der Waals surface area contributed by atoms with Crippen LogP contribution in [0.4, 0.5) is 0 Å². The number of carbonyl (C=O) groups is 1. The van der Waals surface area contributed by atoms with E-state index in [-0.39, 0.29) is 18.1 Å². The molecule has 2 heterocycles. The van der Waals surface area contributed by atoms with E-state index in [1.165, 1.54) is 12.8 Å². The van der Waals surface area contributed by atoms with E-state index in [4.69, 9.17) is 9.47 Å². The molecule has 3 rings (SSSR count). The lowest BCUT2D eigenvalue weighted by atomic mass is 10.1. The summed E-state index contributed by atoms with van der Waals surface area (Å²) in [7, 11) is 1.74. The second-order valence-corrected chi connectivity index (χ2v) is 6.67. The number of benzene rings is 1. The van der Waals surface area contributed by atoms with E-state index in [0.717, 1.165) is 37.4 Å². The monoisotopic (exact) mass is 332 g/mol. The molecule has 132 valence electrons. The number of rotatable bonds is 6. The van der Waals surface area contributed by atoms with E-state index in [1.54, 1.807) is 7.11 Å². The second-order valence-electron chi connectivity index (χ2n) is 6.67. The maximum Gasteiger partial charge on any atom is 0.254 e. The lowest BCUT2D eigenvalue weighted by Gasteiger charge is -2.28. The van der Waals surface area contributed by atoms with Crippen LogP contribution in [0.3, 0.4) is 0 Å². The minimum absolute atomic E-state index is 0.0989. The van der Waals surface area contributed by atoms with Crippen molar-refractivity contribution in [3.05, 3.63) is 29.8 Å². The van der Waals surface area contributed by atoms with Crippen molar-refractivity contribution in [2.24, 2.45) is 0 Å². The van der Waals surface area contributed by atoms with E-state index in [9.17, 15) is 4.79 Å². The molecule has 24 heavy (non-hydrogen) atoms. The Morgan fingerprint density at radius 2 is 1.92 bits per heavy atom. The van der Waals surface area contributed by atoms with Crippen LogP contribution in [0.1, 0.15) is 36.5 Å². The zero-order valence-electron chi connectivity index (χ0n) is 14.7. The van der Waals surface area contributed by atoms with E-state index >= 15 is 0 Å². The molecule has 2 atom stereocenters.